The van der Waals surface area contributed by atoms with Crippen LogP contribution in [0.4, 0.5) is 0 Å². The van der Waals surface area contributed by atoms with Crippen LogP contribution in [0.2, 0.25) is 0 Å². The quantitative estimate of drug-likeness (QED) is 0.699. The van der Waals surface area contributed by atoms with E-state index in [9.17, 15) is 4.79 Å². The van der Waals surface area contributed by atoms with Gasteiger partial charge in [-0.25, -0.2) is 0 Å². The largest absolute Gasteiger partial charge is 0.356 e. The Bertz CT molecular complexity index is 176. The van der Waals surface area contributed by atoms with E-state index >= 15 is 0 Å². The first-order valence-corrected chi connectivity index (χ1v) is 5.58. The van der Waals surface area contributed by atoms with Crippen LogP contribution in [0.25, 0.3) is 0 Å². The molecule has 1 rings (SSSR count). The van der Waals surface area contributed by atoms with Gasteiger partial charge in [-0.15, -0.1) is 11.6 Å². The highest BCUT2D eigenvalue weighted by Gasteiger charge is 2.32. The Hall–Kier alpha value is -0.240. The van der Waals surface area contributed by atoms with Crippen LogP contribution in [0.1, 0.15) is 39.0 Å². The zero-order valence-electron chi connectivity index (χ0n) is 8.24. The van der Waals surface area contributed by atoms with Gasteiger partial charge in [-0.05, 0) is 12.8 Å². The van der Waals surface area contributed by atoms with Gasteiger partial charge in [0, 0.05) is 24.3 Å². The van der Waals surface area contributed by atoms with Crippen molar-refractivity contribution in [2.45, 2.75) is 39.0 Å². The lowest BCUT2D eigenvalue weighted by atomic mass is 9.88. The maximum absolute atomic E-state index is 11.1. The monoisotopic (exact) mass is 203 g/mol. The van der Waals surface area contributed by atoms with Gasteiger partial charge in [-0.3, -0.25) is 4.79 Å². The van der Waals surface area contributed by atoms with E-state index in [0.29, 0.717) is 12.3 Å². The number of rotatable bonds is 4. The van der Waals surface area contributed by atoms with Crippen LogP contribution in [0.15, 0.2) is 0 Å². The number of amides is 1. The Morgan fingerprint density at radius 1 is 1.46 bits per heavy atom. The van der Waals surface area contributed by atoms with E-state index in [0.717, 1.165) is 6.54 Å². The predicted molar refractivity (Wildman–Crippen MR) is 54.9 cm³/mol. The lowest BCUT2D eigenvalue weighted by Crippen LogP contribution is -2.36. The first kappa shape index (κ1) is 10.8. The fourth-order valence-electron chi connectivity index (χ4n) is 1.89. The number of alkyl halides is 1. The number of carbonyl (C=O) groups is 1. The van der Waals surface area contributed by atoms with Gasteiger partial charge in [0.05, 0.1) is 0 Å². The number of hydrogen-bond acceptors (Lipinski definition) is 1. The highest BCUT2D eigenvalue weighted by atomic mass is 35.5. The fraction of sp³-hybridized carbons (Fsp3) is 0.900. The Labute approximate surface area is 85.0 Å². The summed E-state index contributed by atoms with van der Waals surface area (Å²) >= 11 is 5.94. The first-order chi connectivity index (χ1) is 6.22. The molecule has 1 aliphatic carbocycles. The average molecular weight is 204 g/mol. The standard InChI is InChI=1S/C10H18ClNO/c1-2-9(13)12-8-10(7-11)5-3-4-6-10/h2-8H2,1H3,(H,12,13). The second-order valence-corrected chi connectivity index (χ2v) is 4.24. The normalized spacial score (nSPS) is 20.2. The highest BCUT2D eigenvalue weighted by molar-refractivity contribution is 6.18. The van der Waals surface area contributed by atoms with Crippen LogP contribution < -0.4 is 5.32 Å². The van der Waals surface area contributed by atoms with Crippen molar-refractivity contribution in [1.29, 1.82) is 0 Å². The molecule has 76 valence electrons. The summed E-state index contributed by atoms with van der Waals surface area (Å²) < 4.78 is 0. The molecule has 0 heterocycles. The van der Waals surface area contributed by atoms with E-state index in [1.165, 1.54) is 25.7 Å². The predicted octanol–water partition coefficient (Wildman–Crippen LogP) is 2.31. The van der Waals surface area contributed by atoms with E-state index in [-0.39, 0.29) is 11.3 Å². The molecule has 0 aliphatic heterocycles. The van der Waals surface area contributed by atoms with Crippen LogP contribution >= 0.6 is 11.6 Å². The summed E-state index contributed by atoms with van der Waals surface area (Å²) in [6, 6.07) is 0. The minimum Gasteiger partial charge on any atom is -0.356 e. The summed E-state index contributed by atoms with van der Waals surface area (Å²) in [5.74, 6) is 0.813. The molecule has 0 spiro atoms. The van der Waals surface area contributed by atoms with Crippen molar-refractivity contribution in [3.05, 3.63) is 0 Å². The minimum atomic E-state index is 0.136. The third-order valence-corrected chi connectivity index (χ3v) is 3.50. The molecule has 0 aromatic heterocycles. The van der Waals surface area contributed by atoms with Crippen LogP contribution in [-0.2, 0) is 4.79 Å². The van der Waals surface area contributed by atoms with E-state index in [4.69, 9.17) is 11.6 Å². The van der Waals surface area contributed by atoms with Crippen LogP contribution in [0, 0.1) is 5.41 Å². The molecule has 2 nitrogen and oxygen atoms in total. The Kier molecular flexibility index (Phi) is 4.04. The molecule has 0 bridgehead atoms. The van der Waals surface area contributed by atoms with Gasteiger partial charge in [-0.2, -0.15) is 0 Å². The summed E-state index contributed by atoms with van der Waals surface area (Å²) in [6.45, 7) is 2.64. The summed E-state index contributed by atoms with van der Waals surface area (Å²) in [6.07, 6.45) is 5.42. The van der Waals surface area contributed by atoms with E-state index < -0.39 is 0 Å². The van der Waals surface area contributed by atoms with Crippen LogP contribution in [0.3, 0.4) is 0 Å². The van der Waals surface area contributed by atoms with Gasteiger partial charge in [0.15, 0.2) is 0 Å². The SMILES string of the molecule is CCC(=O)NCC1(CCl)CCCC1. The topological polar surface area (TPSA) is 29.1 Å². The minimum absolute atomic E-state index is 0.136. The Balaban J connectivity index is 2.35. The molecule has 1 fully saturated rings. The summed E-state index contributed by atoms with van der Waals surface area (Å²) in [5.41, 5.74) is 0.201. The van der Waals surface area contributed by atoms with Crippen molar-refractivity contribution in [3.63, 3.8) is 0 Å². The number of hydrogen-bond donors (Lipinski definition) is 1. The highest BCUT2D eigenvalue weighted by Crippen LogP contribution is 2.38. The molecule has 0 aromatic carbocycles. The van der Waals surface area contributed by atoms with Gasteiger partial charge in [0.2, 0.25) is 5.91 Å². The number of carbonyl (C=O) groups excluding carboxylic acids is 1. The maximum Gasteiger partial charge on any atom is 0.219 e. The zero-order valence-corrected chi connectivity index (χ0v) is 8.99. The van der Waals surface area contributed by atoms with Crippen molar-refractivity contribution in [2.24, 2.45) is 5.41 Å². The molecule has 1 saturated carbocycles. The smallest absolute Gasteiger partial charge is 0.219 e. The van der Waals surface area contributed by atoms with Crippen LogP contribution in [0.5, 0.6) is 0 Å². The molecule has 0 aromatic rings. The third-order valence-electron chi connectivity index (χ3n) is 2.93. The second-order valence-electron chi connectivity index (χ2n) is 3.97. The fourth-order valence-corrected chi connectivity index (χ4v) is 2.26. The molecule has 3 heteroatoms. The summed E-state index contributed by atoms with van der Waals surface area (Å²) in [7, 11) is 0. The molecule has 1 N–H and O–H groups in total. The van der Waals surface area contributed by atoms with E-state index in [1.807, 2.05) is 6.92 Å². The molecule has 1 aliphatic rings. The van der Waals surface area contributed by atoms with Crippen molar-refractivity contribution in [2.75, 3.05) is 12.4 Å². The zero-order chi connectivity index (χ0) is 9.73. The van der Waals surface area contributed by atoms with Gasteiger partial charge in [-0.1, -0.05) is 19.8 Å². The Morgan fingerprint density at radius 3 is 2.54 bits per heavy atom. The molecule has 0 atom stereocenters. The van der Waals surface area contributed by atoms with Gasteiger partial charge in [0.1, 0.15) is 0 Å². The van der Waals surface area contributed by atoms with Gasteiger partial charge in [0.25, 0.3) is 0 Å². The molecular weight excluding hydrogens is 186 g/mol. The van der Waals surface area contributed by atoms with Crippen molar-refractivity contribution >= 4 is 17.5 Å². The third kappa shape index (κ3) is 2.87. The van der Waals surface area contributed by atoms with Crippen molar-refractivity contribution < 1.29 is 4.79 Å². The molecule has 1 amide bonds. The molecule has 0 saturated heterocycles. The van der Waals surface area contributed by atoms with Crippen LogP contribution in [-0.4, -0.2) is 18.3 Å². The van der Waals surface area contributed by atoms with Crippen molar-refractivity contribution in [3.8, 4) is 0 Å². The maximum atomic E-state index is 11.1. The number of halogens is 1. The second kappa shape index (κ2) is 4.85. The molecule has 13 heavy (non-hydrogen) atoms. The van der Waals surface area contributed by atoms with Gasteiger partial charge >= 0.3 is 0 Å². The Morgan fingerprint density at radius 2 is 2.08 bits per heavy atom. The molecule has 0 unspecified atom stereocenters. The van der Waals surface area contributed by atoms with Gasteiger partial charge < -0.3 is 5.32 Å². The summed E-state index contributed by atoms with van der Waals surface area (Å²) in [4.78, 5) is 11.1. The molecular formula is C10H18ClNO. The lowest BCUT2D eigenvalue weighted by molar-refractivity contribution is -0.121. The van der Waals surface area contributed by atoms with Crippen molar-refractivity contribution in [1.82, 2.24) is 5.32 Å². The van der Waals surface area contributed by atoms with E-state index in [1.54, 1.807) is 0 Å². The first-order valence-electron chi connectivity index (χ1n) is 5.05. The summed E-state index contributed by atoms with van der Waals surface area (Å²) in [5, 5.41) is 2.94. The molecule has 0 radical (unpaired) electrons. The number of nitrogens with one attached hydrogen (secondary N) is 1. The lowest BCUT2D eigenvalue weighted by Gasteiger charge is -2.26. The average Bonchev–Trinajstić information content (AvgIpc) is 2.63. The van der Waals surface area contributed by atoms with E-state index in [2.05, 4.69) is 5.32 Å².